The number of nitrogens with zero attached hydrogens (tertiary/aromatic N) is 2. The second-order valence-corrected chi connectivity index (χ2v) is 8.97. The van der Waals surface area contributed by atoms with Gasteiger partial charge in [-0.3, -0.25) is 4.79 Å². The monoisotopic (exact) mass is 480 g/mol. The molecule has 1 saturated heterocycles. The van der Waals surface area contributed by atoms with Gasteiger partial charge in [-0.2, -0.15) is 4.31 Å². The molecule has 0 atom stereocenters. The summed E-state index contributed by atoms with van der Waals surface area (Å²) in [5.41, 5.74) is 0.362. The maximum absolute atomic E-state index is 13.9. The molecule has 2 aromatic rings. The first-order valence-electron chi connectivity index (χ1n) is 8.24. The summed E-state index contributed by atoms with van der Waals surface area (Å²) < 4.78 is 72.5. The number of furan rings is 1. The van der Waals surface area contributed by atoms with Crippen molar-refractivity contribution in [2.75, 3.05) is 26.2 Å². The third kappa shape index (κ3) is 3.46. The van der Waals surface area contributed by atoms with Gasteiger partial charge < -0.3 is 9.32 Å². The number of halogens is 4. The van der Waals surface area contributed by atoms with Crippen molar-refractivity contribution in [2.24, 2.45) is 0 Å². The van der Waals surface area contributed by atoms with Crippen LogP contribution in [0.4, 0.5) is 13.2 Å². The van der Waals surface area contributed by atoms with Gasteiger partial charge in [0.25, 0.3) is 5.91 Å². The number of sulfonamides is 1. The second kappa shape index (κ2) is 7.53. The Kier molecular flexibility index (Phi) is 5.61. The number of hydrogen-bond donors (Lipinski definition) is 0. The number of benzene rings is 1. The van der Waals surface area contributed by atoms with Crippen LogP contribution in [0.15, 0.2) is 25.9 Å². The summed E-state index contributed by atoms with van der Waals surface area (Å²) in [5.74, 6) is -4.40. The minimum atomic E-state index is -4.37. The maximum Gasteiger partial charge on any atom is 0.258 e. The lowest BCUT2D eigenvalue weighted by atomic mass is 10.2. The molecule has 6 nitrogen and oxygen atoms in total. The van der Waals surface area contributed by atoms with Gasteiger partial charge in [0.2, 0.25) is 10.0 Å². The van der Waals surface area contributed by atoms with Gasteiger partial charge >= 0.3 is 0 Å². The average Bonchev–Trinajstić information content (AvgIpc) is 2.91. The van der Waals surface area contributed by atoms with Crippen molar-refractivity contribution in [3.8, 4) is 0 Å². The molecule has 1 amide bonds. The van der Waals surface area contributed by atoms with Crippen molar-refractivity contribution in [1.82, 2.24) is 9.21 Å². The maximum atomic E-state index is 13.9. The van der Waals surface area contributed by atoms with E-state index in [-0.39, 0.29) is 32.1 Å². The number of carbonyl (C=O) groups is 1. The highest BCUT2D eigenvalue weighted by Crippen LogP contribution is 2.29. The molecule has 0 radical (unpaired) electrons. The SMILES string of the molecule is Cc1oc(C)c(C(=O)N2CCN(S(=O)(=O)c3ccc(F)c(F)c3F)CC2)c1Br. The molecule has 0 saturated carbocycles. The van der Waals surface area contributed by atoms with E-state index in [4.69, 9.17) is 4.42 Å². The number of carbonyl (C=O) groups excluding carboxylic acids is 1. The Morgan fingerprint density at radius 3 is 2.18 bits per heavy atom. The zero-order valence-corrected chi connectivity index (χ0v) is 17.3. The molecule has 2 heterocycles. The largest absolute Gasteiger partial charge is 0.465 e. The molecule has 0 bridgehead atoms. The third-order valence-electron chi connectivity index (χ3n) is 4.54. The van der Waals surface area contributed by atoms with Crippen LogP contribution in [0.1, 0.15) is 21.9 Å². The van der Waals surface area contributed by atoms with Gasteiger partial charge in [-0.1, -0.05) is 0 Å². The molecule has 1 aromatic carbocycles. The third-order valence-corrected chi connectivity index (χ3v) is 7.42. The van der Waals surface area contributed by atoms with Crippen LogP contribution in [-0.4, -0.2) is 49.7 Å². The van der Waals surface area contributed by atoms with Gasteiger partial charge in [0.1, 0.15) is 16.4 Å². The van der Waals surface area contributed by atoms with Crippen LogP contribution in [0, 0.1) is 31.3 Å². The zero-order chi connectivity index (χ0) is 20.8. The first kappa shape index (κ1) is 20.9. The van der Waals surface area contributed by atoms with E-state index < -0.39 is 32.4 Å². The normalized spacial score (nSPS) is 15.9. The van der Waals surface area contributed by atoms with Crippen LogP contribution in [-0.2, 0) is 10.0 Å². The molecule has 0 aliphatic carbocycles. The minimum Gasteiger partial charge on any atom is -0.465 e. The van der Waals surface area contributed by atoms with E-state index in [2.05, 4.69) is 15.9 Å². The molecule has 28 heavy (non-hydrogen) atoms. The van der Waals surface area contributed by atoms with Gasteiger partial charge in [-0.25, -0.2) is 21.6 Å². The van der Waals surface area contributed by atoms with Crippen LogP contribution in [0.3, 0.4) is 0 Å². The highest BCUT2D eigenvalue weighted by Gasteiger charge is 2.34. The fraction of sp³-hybridized carbons (Fsp3) is 0.353. The Morgan fingerprint density at radius 2 is 1.64 bits per heavy atom. The molecule has 152 valence electrons. The fourth-order valence-corrected chi connectivity index (χ4v) is 5.04. The van der Waals surface area contributed by atoms with Gasteiger partial charge in [0.15, 0.2) is 17.5 Å². The molecule has 11 heteroatoms. The topological polar surface area (TPSA) is 70.8 Å². The minimum absolute atomic E-state index is 0.0550. The van der Waals surface area contributed by atoms with Gasteiger partial charge in [0, 0.05) is 26.2 Å². The lowest BCUT2D eigenvalue weighted by molar-refractivity contribution is 0.0695. The van der Waals surface area contributed by atoms with Crippen LogP contribution in [0.2, 0.25) is 0 Å². The average molecular weight is 481 g/mol. The summed E-state index contributed by atoms with van der Waals surface area (Å²) in [6.45, 7) is 3.24. The summed E-state index contributed by atoms with van der Waals surface area (Å²) >= 11 is 3.31. The predicted octanol–water partition coefficient (Wildman–Crippen LogP) is 3.22. The lowest BCUT2D eigenvalue weighted by Crippen LogP contribution is -2.50. The quantitative estimate of drug-likeness (QED) is 0.632. The van der Waals surface area contributed by atoms with Gasteiger partial charge in [-0.05, 0) is 41.9 Å². The molecule has 1 aromatic heterocycles. The van der Waals surface area contributed by atoms with E-state index in [0.717, 1.165) is 4.31 Å². The smallest absolute Gasteiger partial charge is 0.258 e. The van der Waals surface area contributed by atoms with Crippen molar-refractivity contribution in [3.05, 3.63) is 51.1 Å². The first-order valence-corrected chi connectivity index (χ1v) is 10.5. The number of piperazine rings is 1. The van der Waals surface area contributed by atoms with E-state index in [1.807, 2.05) is 0 Å². The predicted molar refractivity (Wildman–Crippen MR) is 96.9 cm³/mol. The number of aryl methyl sites for hydroxylation is 2. The summed E-state index contributed by atoms with van der Waals surface area (Å²) in [7, 11) is -4.37. The van der Waals surface area contributed by atoms with Crippen molar-refractivity contribution in [2.45, 2.75) is 18.7 Å². The molecule has 1 fully saturated rings. The van der Waals surface area contributed by atoms with Crippen LogP contribution in [0.5, 0.6) is 0 Å². The zero-order valence-electron chi connectivity index (χ0n) is 14.9. The van der Waals surface area contributed by atoms with Gasteiger partial charge in [0.05, 0.1) is 10.0 Å². The highest BCUT2D eigenvalue weighted by atomic mass is 79.9. The number of rotatable bonds is 3. The molecule has 0 spiro atoms. The number of hydrogen-bond acceptors (Lipinski definition) is 4. The Bertz CT molecular complexity index is 1050. The highest BCUT2D eigenvalue weighted by molar-refractivity contribution is 9.10. The van der Waals surface area contributed by atoms with E-state index in [0.29, 0.717) is 33.7 Å². The summed E-state index contributed by atoms with van der Waals surface area (Å²) in [6.07, 6.45) is 0. The summed E-state index contributed by atoms with van der Waals surface area (Å²) in [4.78, 5) is 13.3. The molecular formula is C17H16BrF3N2O4S. The molecular weight excluding hydrogens is 465 g/mol. The molecule has 1 aliphatic rings. The van der Waals surface area contributed by atoms with E-state index in [1.54, 1.807) is 13.8 Å². The van der Waals surface area contributed by atoms with Crippen LogP contribution >= 0.6 is 15.9 Å². The van der Waals surface area contributed by atoms with Crippen molar-refractivity contribution >= 4 is 31.9 Å². The van der Waals surface area contributed by atoms with Crippen molar-refractivity contribution < 1.29 is 30.8 Å². The Morgan fingerprint density at radius 1 is 1.04 bits per heavy atom. The van der Waals surface area contributed by atoms with E-state index in [1.165, 1.54) is 4.90 Å². The van der Waals surface area contributed by atoms with Crippen LogP contribution < -0.4 is 0 Å². The van der Waals surface area contributed by atoms with E-state index in [9.17, 15) is 26.4 Å². The van der Waals surface area contributed by atoms with Crippen molar-refractivity contribution in [1.29, 1.82) is 0 Å². The summed E-state index contributed by atoms with van der Waals surface area (Å²) in [5, 5.41) is 0. The number of amides is 1. The standard InChI is InChI=1S/C17H16BrF3N2O4S/c1-9-13(14(18)10(2)27-9)17(24)22-5-7-23(8-6-22)28(25,26)12-4-3-11(19)15(20)16(12)21/h3-4H,5-8H2,1-2H3. The fourth-order valence-electron chi connectivity index (χ4n) is 3.04. The molecule has 3 rings (SSSR count). The lowest BCUT2D eigenvalue weighted by Gasteiger charge is -2.34. The molecule has 1 aliphatic heterocycles. The van der Waals surface area contributed by atoms with Gasteiger partial charge in [-0.15, -0.1) is 0 Å². The Hall–Kier alpha value is -1.85. The molecule has 0 N–H and O–H groups in total. The second-order valence-electron chi connectivity index (χ2n) is 6.27. The van der Waals surface area contributed by atoms with Crippen LogP contribution in [0.25, 0.3) is 0 Å². The Balaban J connectivity index is 1.78. The molecule has 0 unspecified atom stereocenters. The van der Waals surface area contributed by atoms with E-state index >= 15 is 0 Å². The first-order chi connectivity index (χ1) is 13.1. The Labute approximate surface area is 168 Å². The van der Waals surface area contributed by atoms with Crippen molar-refractivity contribution in [3.63, 3.8) is 0 Å². The summed E-state index contributed by atoms with van der Waals surface area (Å²) in [6, 6.07) is 1.25.